The van der Waals surface area contributed by atoms with E-state index in [1.165, 1.54) is 9.09 Å². The number of pyridine rings is 1. The summed E-state index contributed by atoms with van der Waals surface area (Å²) in [7, 11) is 0. The first-order valence-corrected chi connectivity index (χ1v) is 9.95. The van der Waals surface area contributed by atoms with Crippen LogP contribution in [0.3, 0.4) is 0 Å². The second kappa shape index (κ2) is 7.20. The Kier molecular flexibility index (Phi) is 4.79. The Morgan fingerprint density at radius 2 is 2.12 bits per heavy atom. The van der Waals surface area contributed by atoms with Crippen LogP contribution >= 0.6 is 34.7 Å². The number of amides is 1. The Hall–Kier alpha value is -1.82. The Morgan fingerprint density at radius 3 is 2.92 bits per heavy atom. The fourth-order valence-electron chi connectivity index (χ4n) is 2.65. The van der Waals surface area contributed by atoms with Gasteiger partial charge in [0.05, 0.1) is 4.21 Å². The van der Waals surface area contributed by atoms with Crippen molar-refractivity contribution < 1.29 is 4.79 Å². The van der Waals surface area contributed by atoms with Crippen LogP contribution in [0, 0.1) is 0 Å². The monoisotopic (exact) mass is 386 g/mol. The van der Waals surface area contributed by atoms with Crippen LogP contribution in [0.15, 0.2) is 70.0 Å². The number of carbonyl (C=O) groups is 1. The summed E-state index contributed by atoms with van der Waals surface area (Å²) in [5.41, 5.74) is 0.607. The highest BCUT2D eigenvalue weighted by Gasteiger charge is 2.40. The van der Waals surface area contributed by atoms with E-state index in [0.29, 0.717) is 16.5 Å². The van der Waals surface area contributed by atoms with Gasteiger partial charge in [-0.25, -0.2) is 4.98 Å². The number of rotatable bonds is 5. The molecule has 0 saturated heterocycles. The lowest BCUT2D eigenvalue weighted by Crippen LogP contribution is -2.26. The molecular weight excluding hydrogens is 372 g/mol. The van der Waals surface area contributed by atoms with Gasteiger partial charge >= 0.3 is 0 Å². The normalized spacial score (nSPS) is 18.8. The Morgan fingerprint density at radius 1 is 1.20 bits per heavy atom. The number of thiophene rings is 1. The van der Waals surface area contributed by atoms with Gasteiger partial charge in [0, 0.05) is 33.6 Å². The number of hydrogen-bond donors (Lipinski definition) is 1. The molecule has 6 heteroatoms. The maximum atomic E-state index is 12.3. The quantitative estimate of drug-likeness (QED) is 0.652. The van der Waals surface area contributed by atoms with Crippen LogP contribution in [0.25, 0.3) is 0 Å². The average molecular weight is 387 g/mol. The summed E-state index contributed by atoms with van der Waals surface area (Å²) in [6, 6.07) is 17.5. The van der Waals surface area contributed by atoms with Crippen LogP contribution in [-0.4, -0.2) is 16.9 Å². The third kappa shape index (κ3) is 4.06. The van der Waals surface area contributed by atoms with Gasteiger partial charge in [0.2, 0.25) is 0 Å². The van der Waals surface area contributed by atoms with Crippen molar-refractivity contribution in [3.05, 3.63) is 76.3 Å². The third-order valence-electron chi connectivity index (χ3n) is 4.00. The molecule has 1 N–H and O–H groups in total. The van der Waals surface area contributed by atoms with Crippen molar-refractivity contribution in [2.24, 2.45) is 0 Å². The first-order chi connectivity index (χ1) is 12.2. The van der Waals surface area contributed by atoms with Crippen LogP contribution in [-0.2, 0) is 0 Å². The molecule has 1 amide bonds. The lowest BCUT2D eigenvalue weighted by atomic mass is 10.2. The standard InChI is InChI=1S/C19H15ClN2OS2/c20-13-5-3-4-12(10-13)19(23)22-15-11-14(15)16-7-8-18(24-16)25-17-6-1-2-9-21-17/h1-10,14-15H,11H2,(H,22,23)/t14?,15-/m0/s1. The van der Waals surface area contributed by atoms with Crippen molar-refractivity contribution in [3.8, 4) is 0 Å². The Bertz CT molecular complexity index is 897. The molecule has 4 rings (SSSR count). The number of benzene rings is 1. The van der Waals surface area contributed by atoms with E-state index in [-0.39, 0.29) is 11.9 Å². The van der Waals surface area contributed by atoms with Gasteiger partial charge < -0.3 is 5.32 Å². The molecule has 1 unspecified atom stereocenters. The topological polar surface area (TPSA) is 42.0 Å². The molecule has 1 saturated carbocycles. The highest BCUT2D eigenvalue weighted by Crippen LogP contribution is 2.46. The van der Waals surface area contributed by atoms with Gasteiger partial charge in [0.1, 0.15) is 5.03 Å². The minimum Gasteiger partial charge on any atom is -0.349 e. The van der Waals surface area contributed by atoms with E-state index in [1.54, 1.807) is 53.6 Å². The van der Waals surface area contributed by atoms with Crippen LogP contribution in [0.1, 0.15) is 27.6 Å². The first-order valence-electron chi connectivity index (χ1n) is 7.94. The van der Waals surface area contributed by atoms with Crippen molar-refractivity contribution in [1.29, 1.82) is 0 Å². The van der Waals surface area contributed by atoms with Crippen LogP contribution in [0.4, 0.5) is 0 Å². The van der Waals surface area contributed by atoms with Crippen LogP contribution < -0.4 is 5.32 Å². The number of carbonyl (C=O) groups excluding carboxylic acids is 1. The summed E-state index contributed by atoms with van der Waals surface area (Å²) in [6.07, 6.45) is 2.79. The molecule has 0 aliphatic heterocycles. The van der Waals surface area contributed by atoms with E-state index in [9.17, 15) is 4.79 Å². The summed E-state index contributed by atoms with van der Waals surface area (Å²) >= 11 is 9.40. The van der Waals surface area contributed by atoms with Crippen molar-refractivity contribution in [1.82, 2.24) is 10.3 Å². The smallest absolute Gasteiger partial charge is 0.251 e. The molecule has 2 heterocycles. The van der Waals surface area contributed by atoms with Gasteiger partial charge in [-0.2, -0.15) is 0 Å². The fourth-order valence-corrected chi connectivity index (χ4v) is 5.07. The van der Waals surface area contributed by atoms with Crippen molar-refractivity contribution in [2.75, 3.05) is 0 Å². The maximum absolute atomic E-state index is 12.3. The minimum atomic E-state index is -0.0605. The molecule has 1 aliphatic rings. The van der Waals surface area contributed by atoms with Crippen molar-refractivity contribution in [3.63, 3.8) is 0 Å². The molecule has 25 heavy (non-hydrogen) atoms. The van der Waals surface area contributed by atoms with E-state index in [4.69, 9.17) is 11.6 Å². The molecule has 1 fully saturated rings. The number of nitrogens with one attached hydrogen (secondary N) is 1. The predicted octanol–water partition coefficient (Wildman–Crippen LogP) is 5.23. The zero-order valence-electron chi connectivity index (χ0n) is 13.2. The Balaban J connectivity index is 1.36. The van der Waals surface area contributed by atoms with E-state index in [2.05, 4.69) is 22.4 Å². The lowest BCUT2D eigenvalue weighted by Gasteiger charge is -2.04. The van der Waals surface area contributed by atoms with E-state index in [0.717, 1.165) is 11.4 Å². The molecule has 1 aromatic carbocycles. The summed E-state index contributed by atoms with van der Waals surface area (Å²) in [5.74, 6) is 0.348. The summed E-state index contributed by atoms with van der Waals surface area (Å²) < 4.78 is 1.22. The van der Waals surface area contributed by atoms with E-state index < -0.39 is 0 Å². The molecule has 2 atom stereocenters. The van der Waals surface area contributed by atoms with Crippen molar-refractivity contribution >= 4 is 40.6 Å². The molecule has 1 aliphatic carbocycles. The SMILES string of the molecule is O=C(N[C@H]1CC1c1ccc(Sc2ccccn2)s1)c1cccc(Cl)c1. The zero-order valence-corrected chi connectivity index (χ0v) is 15.6. The number of halogens is 1. The molecule has 0 spiro atoms. The summed E-state index contributed by atoms with van der Waals surface area (Å²) in [4.78, 5) is 17.9. The molecule has 0 bridgehead atoms. The van der Waals surface area contributed by atoms with Gasteiger partial charge in [-0.05, 0) is 48.9 Å². The fraction of sp³-hybridized carbons (Fsp3) is 0.158. The third-order valence-corrected chi connectivity index (χ3v) is 6.54. The molecular formula is C19H15ClN2OS2. The second-order valence-corrected chi connectivity index (χ2v) is 8.73. The van der Waals surface area contributed by atoms with Crippen LogP contribution in [0.5, 0.6) is 0 Å². The highest BCUT2D eigenvalue weighted by molar-refractivity contribution is 8.01. The lowest BCUT2D eigenvalue weighted by molar-refractivity contribution is 0.0950. The van der Waals surface area contributed by atoms with E-state index in [1.807, 2.05) is 18.2 Å². The highest BCUT2D eigenvalue weighted by atomic mass is 35.5. The molecule has 3 nitrogen and oxygen atoms in total. The summed E-state index contributed by atoms with van der Waals surface area (Å²) in [6.45, 7) is 0. The van der Waals surface area contributed by atoms with E-state index >= 15 is 0 Å². The molecule has 2 aromatic heterocycles. The summed E-state index contributed by atoms with van der Waals surface area (Å²) in [5, 5.41) is 4.67. The predicted molar refractivity (Wildman–Crippen MR) is 103 cm³/mol. The maximum Gasteiger partial charge on any atom is 0.251 e. The van der Waals surface area contributed by atoms with Gasteiger partial charge in [0.25, 0.3) is 5.91 Å². The van der Waals surface area contributed by atoms with Crippen LogP contribution in [0.2, 0.25) is 5.02 Å². The largest absolute Gasteiger partial charge is 0.349 e. The minimum absolute atomic E-state index is 0.0605. The molecule has 0 radical (unpaired) electrons. The number of hydrogen-bond acceptors (Lipinski definition) is 4. The van der Waals surface area contributed by atoms with Crippen molar-refractivity contribution in [2.45, 2.75) is 27.6 Å². The average Bonchev–Trinajstić information content (AvgIpc) is 3.23. The van der Waals surface area contributed by atoms with Gasteiger partial charge in [-0.3, -0.25) is 4.79 Å². The van der Waals surface area contributed by atoms with Gasteiger partial charge in [0.15, 0.2) is 0 Å². The van der Waals surface area contributed by atoms with Gasteiger partial charge in [-0.15, -0.1) is 11.3 Å². The second-order valence-electron chi connectivity index (χ2n) is 5.86. The molecule has 126 valence electrons. The first kappa shape index (κ1) is 16.6. The number of nitrogens with zero attached hydrogens (tertiary/aromatic N) is 1. The molecule has 3 aromatic rings. The number of aromatic nitrogens is 1. The Labute approximate surface area is 159 Å². The van der Waals surface area contributed by atoms with Gasteiger partial charge in [-0.1, -0.05) is 35.5 Å². The zero-order chi connectivity index (χ0) is 17.2.